The molecule has 1 fully saturated rings. The predicted octanol–water partition coefficient (Wildman–Crippen LogP) is 2.57. The van der Waals surface area contributed by atoms with Crippen LogP contribution in [0.1, 0.15) is 44.2 Å². The Morgan fingerprint density at radius 3 is 2.64 bits per heavy atom. The topological polar surface area (TPSA) is 95.9 Å². The number of hydrogen-bond donors (Lipinski definition) is 1. The molecule has 1 atom stereocenters. The summed E-state index contributed by atoms with van der Waals surface area (Å²) in [5, 5.41) is 8.94. The highest BCUT2D eigenvalue weighted by atomic mass is 35.5. The highest BCUT2D eigenvalue weighted by Crippen LogP contribution is 2.30. The Morgan fingerprint density at radius 2 is 2.04 bits per heavy atom. The van der Waals surface area contributed by atoms with E-state index in [4.69, 9.17) is 11.6 Å². The lowest BCUT2D eigenvalue weighted by Crippen LogP contribution is -2.42. The first-order valence-corrected chi connectivity index (χ1v) is 11.7. The van der Waals surface area contributed by atoms with Gasteiger partial charge < -0.3 is 5.32 Å². The lowest BCUT2D eigenvalue weighted by molar-refractivity contribution is -0.133. The second-order valence-corrected chi connectivity index (χ2v) is 9.70. The normalized spacial score (nSPS) is 21.5. The van der Waals surface area contributed by atoms with Crippen LogP contribution < -0.4 is 5.32 Å². The molecular weight excluding hydrogens is 402 g/mol. The van der Waals surface area contributed by atoms with Crippen molar-refractivity contribution in [3.8, 4) is 0 Å². The lowest BCUT2D eigenvalue weighted by Gasteiger charge is -2.27. The van der Waals surface area contributed by atoms with Gasteiger partial charge in [-0.25, -0.2) is 13.4 Å². The third kappa shape index (κ3) is 4.22. The molecule has 9 heteroatoms. The fourth-order valence-corrected chi connectivity index (χ4v) is 5.62. The maximum Gasteiger partial charge on any atom is 0.271 e. The summed E-state index contributed by atoms with van der Waals surface area (Å²) in [5.74, 6) is -0.693. The van der Waals surface area contributed by atoms with Crippen LogP contribution in [0, 0.1) is 0 Å². The number of amides is 2. The van der Waals surface area contributed by atoms with Crippen molar-refractivity contribution in [3.05, 3.63) is 28.3 Å². The number of carbonyl (C=O) groups is 2. The number of hydrogen-bond acceptors (Lipinski definition) is 5. The zero-order chi connectivity index (χ0) is 20.5. The Balaban J connectivity index is 1.86. The van der Waals surface area contributed by atoms with Crippen LogP contribution in [0.3, 0.4) is 0 Å². The molecule has 1 aromatic carbocycles. The van der Waals surface area contributed by atoms with Crippen LogP contribution in [0.2, 0.25) is 5.02 Å². The summed E-state index contributed by atoms with van der Waals surface area (Å²) >= 11 is 6.29. The van der Waals surface area contributed by atoms with Gasteiger partial charge in [-0.3, -0.25) is 9.59 Å². The second-order valence-electron chi connectivity index (χ2n) is 7.06. The number of carbonyl (C=O) groups excluding carboxylic acids is 2. The highest BCUT2D eigenvalue weighted by molar-refractivity contribution is 7.91. The van der Waals surface area contributed by atoms with Crippen LogP contribution in [0.4, 0.5) is 5.69 Å². The Labute approximate surface area is 170 Å². The zero-order valence-corrected chi connectivity index (χ0v) is 17.6. The molecule has 1 saturated heterocycles. The van der Waals surface area contributed by atoms with E-state index in [0.29, 0.717) is 23.6 Å². The van der Waals surface area contributed by atoms with Crippen molar-refractivity contribution in [3.63, 3.8) is 0 Å². The minimum Gasteiger partial charge on any atom is -0.320 e. The van der Waals surface area contributed by atoms with E-state index in [1.807, 2.05) is 26.0 Å². The molecule has 7 nitrogen and oxygen atoms in total. The molecule has 0 aliphatic carbocycles. The molecule has 0 radical (unpaired) electrons. The molecule has 2 heterocycles. The maximum absolute atomic E-state index is 12.9. The standard InChI is InChI=1S/C19H24ClN3O4S/c1-3-12-5-6-15(20)14(4-2)18(12)21-19(25)16-7-8-17(24)23(22-16)13-9-10-28(26,27)11-13/h5-6,13H,3-4,7-11H2,1-2H3,(H,21,25). The number of nitrogens with one attached hydrogen (secondary N) is 1. The van der Waals surface area contributed by atoms with Gasteiger partial charge in [-0.1, -0.05) is 31.5 Å². The average molecular weight is 426 g/mol. The number of benzene rings is 1. The van der Waals surface area contributed by atoms with Gasteiger partial charge in [0.25, 0.3) is 5.91 Å². The number of anilines is 1. The van der Waals surface area contributed by atoms with E-state index in [0.717, 1.165) is 17.5 Å². The first-order chi connectivity index (χ1) is 13.3. The second kappa shape index (κ2) is 8.21. The number of rotatable bonds is 5. The molecule has 0 aromatic heterocycles. The number of hydrazone groups is 1. The van der Waals surface area contributed by atoms with Gasteiger partial charge in [-0.15, -0.1) is 0 Å². The minimum absolute atomic E-state index is 0.0424. The molecule has 1 N–H and O–H groups in total. The molecule has 2 aliphatic heterocycles. The summed E-state index contributed by atoms with van der Waals surface area (Å²) in [7, 11) is -3.16. The molecule has 1 unspecified atom stereocenters. The molecule has 2 amide bonds. The summed E-state index contributed by atoms with van der Waals surface area (Å²) in [6.45, 7) is 3.97. The Kier molecular flexibility index (Phi) is 6.09. The van der Waals surface area contributed by atoms with Crippen LogP contribution in [-0.2, 0) is 32.3 Å². The van der Waals surface area contributed by atoms with Crippen LogP contribution in [0.5, 0.6) is 0 Å². The molecule has 1 aromatic rings. The van der Waals surface area contributed by atoms with Gasteiger partial charge in [0.05, 0.1) is 17.5 Å². The molecule has 0 bridgehead atoms. The smallest absolute Gasteiger partial charge is 0.271 e. The Morgan fingerprint density at radius 1 is 1.29 bits per heavy atom. The van der Waals surface area contributed by atoms with Crippen molar-refractivity contribution in [1.29, 1.82) is 0 Å². The van der Waals surface area contributed by atoms with E-state index in [1.165, 1.54) is 5.01 Å². The van der Waals surface area contributed by atoms with Crippen LogP contribution in [-0.4, -0.2) is 48.5 Å². The average Bonchev–Trinajstić information content (AvgIpc) is 3.02. The Hall–Kier alpha value is -1.93. The summed E-state index contributed by atoms with van der Waals surface area (Å²) in [4.78, 5) is 25.1. The summed E-state index contributed by atoms with van der Waals surface area (Å²) in [6.07, 6.45) is 2.11. The summed E-state index contributed by atoms with van der Waals surface area (Å²) < 4.78 is 23.5. The van der Waals surface area contributed by atoms with Gasteiger partial charge in [-0.2, -0.15) is 5.10 Å². The van der Waals surface area contributed by atoms with Gasteiger partial charge in [-0.05, 0) is 36.5 Å². The van der Waals surface area contributed by atoms with Crippen molar-refractivity contribution in [2.75, 3.05) is 16.8 Å². The fourth-order valence-electron chi connectivity index (χ4n) is 3.64. The van der Waals surface area contributed by atoms with Gasteiger partial charge >= 0.3 is 0 Å². The molecule has 2 aliphatic rings. The number of aryl methyl sites for hydroxylation is 1. The summed E-state index contributed by atoms with van der Waals surface area (Å²) in [5.41, 5.74) is 2.76. The fraction of sp³-hybridized carbons (Fsp3) is 0.526. The first-order valence-electron chi connectivity index (χ1n) is 9.47. The molecule has 152 valence electrons. The first kappa shape index (κ1) is 20.8. The van der Waals surface area contributed by atoms with Crippen molar-refractivity contribution in [2.45, 2.75) is 52.0 Å². The van der Waals surface area contributed by atoms with E-state index >= 15 is 0 Å². The minimum atomic E-state index is -3.16. The third-order valence-corrected chi connectivity index (χ3v) is 7.30. The van der Waals surface area contributed by atoms with E-state index in [1.54, 1.807) is 0 Å². The third-order valence-electron chi connectivity index (χ3n) is 5.19. The van der Waals surface area contributed by atoms with Crippen molar-refractivity contribution < 1.29 is 18.0 Å². The zero-order valence-electron chi connectivity index (χ0n) is 16.0. The molecule has 28 heavy (non-hydrogen) atoms. The number of nitrogens with zero attached hydrogens (tertiary/aromatic N) is 2. The summed E-state index contributed by atoms with van der Waals surface area (Å²) in [6, 6.07) is 3.22. The number of sulfone groups is 1. The molecule has 0 spiro atoms. The monoisotopic (exact) mass is 425 g/mol. The van der Waals surface area contributed by atoms with Crippen molar-refractivity contribution in [2.24, 2.45) is 5.10 Å². The van der Waals surface area contributed by atoms with E-state index < -0.39 is 15.9 Å². The lowest BCUT2D eigenvalue weighted by atomic mass is 10.0. The molecule has 0 saturated carbocycles. The van der Waals surface area contributed by atoms with Gasteiger partial charge in [0, 0.05) is 23.6 Å². The van der Waals surface area contributed by atoms with Gasteiger partial charge in [0.2, 0.25) is 5.91 Å². The number of halogens is 1. The van der Waals surface area contributed by atoms with Crippen molar-refractivity contribution in [1.82, 2.24) is 5.01 Å². The van der Waals surface area contributed by atoms with Crippen LogP contribution in [0.25, 0.3) is 0 Å². The van der Waals surface area contributed by atoms with Gasteiger partial charge in [0.1, 0.15) is 5.71 Å². The Bertz CT molecular complexity index is 943. The van der Waals surface area contributed by atoms with Crippen LogP contribution in [0.15, 0.2) is 17.2 Å². The van der Waals surface area contributed by atoms with Crippen molar-refractivity contribution >= 4 is 44.7 Å². The largest absolute Gasteiger partial charge is 0.320 e. The molecule has 3 rings (SSSR count). The molecular formula is C19H24ClN3O4S. The van der Waals surface area contributed by atoms with E-state index in [9.17, 15) is 18.0 Å². The maximum atomic E-state index is 12.9. The van der Waals surface area contributed by atoms with E-state index in [2.05, 4.69) is 10.4 Å². The van der Waals surface area contributed by atoms with E-state index in [-0.39, 0.29) is 41.9 Å². The van der Waals surface area contributed by atoms with Crippen LogP contribution >= 0.6 is 11.6 Å². The highest BCUT2D eigenvalue weighted by Gasteiger charge is 2.37. The predicted molar refractivity (Wildman–Crippen MR) is 109 cm³/mol. The SMILES string of the molecule is CCc1ccc(Cl)c(CC)c1NC(=O)C1=NN(C2CCS(=O)(=O)C2)C(=O)CC1. The van der Waals surface area contributed by atoms with Gasteiger partial charge in [0.15, 0.2) is 9.84 Å². The quantitative estimate of drug-likeness (QED) is 0.784.